The SMILES string of the molecule is OC(CSc1nncs1)Cn1c2ccccc2c2ccccc21. The Kier molecular flexibility index (Phi) is 4.03. The molecule has 0 saturated carbocycles. The zero-order valence-electron chi connectivity index (χ0n) is 12.3. The van der Waals surface area contributed by atoms with Gasteiger partial charge in [-0.15, -0.1) is 10.2 Å². The van der Waals surface area contributed by atoms with Gasteiger partial charge in [0.15, 0.2) is 4.34 Å². The highest BCUT2D eigenvalue weighted by Crippen LogP contribution is 2.29. The van der Waals surface area contributed by atoms with Gasteiger partial charge in [0, 0.05) is 27.6 Å². The smallest absolute Gasteiger partial charge is 0.174 e. The van der Waals surface area contributed by atoms with Gasteiger partial charge in [-0.3, -0.25) is 0 Å². The molecule has 0 saturated heterocycles. The second kappa shape index (κ2) is 6.31. The van der Waals surface area contributed by atoms with Gasteiger partial charge in [-0.2, -0.15) is 0 Å². The molecule has 0 aliphatic rings. The summed E-state index contributed by atoms with van der Waals surface area (Å²) in [5.74, 6) is 0.607. The summed E-state index contributed by atoms with van der Waals surface area (Å²) in [4.78, 5) is 0. The summed E-state index contributed by atoms with van der Waals surface area (Å²) < 4.78 is 3.10. The molecule has 0 spiro atoms. The Morgan fingerprint density at radius 3 is 2.30 bits per heavy atom. The molecule has 0 amide bonds. The van der Waals surface area contributed by atoms with Gasteiger partial charge in [-0.05, 0) is 12.1 Å². The van der Waals surface area contributed by atoms with Crippen LogP contribution in [0.25, 0.3) is 21.8 Å². The van der Waals surface area contributed by atoms with E-state index in [9.17, 15) is 5.11 Å². The molecule has 1 unspecified atom stereocenters. The van der Waals surface area contributed by atoms with Gasteiger partial charge in [0.25, 0.3) is 0 Å². The summed E-state index contributed by atoms with van der Waals surface area (Å²) in [5.41, 5.74) is 4.03. The van der Waals surface area contributed by atoms with Crippen molar-refractivity contribution in [2.24, 2.45) is 0 Å². The van der Waals surface area contributed by atoms with E-state index in [1.165, 1.54) is 22.1 Å². The van der Waals surface area contributed by atoms with Crippen molar-refractivity contribution in [1.29, 1.82) is 0 Å². The van der Waals surface area contributed by atoms with Crippen LogP contribution in [0.2, 0.25) is 0 Å². The zero-order chi connectivity index (χ0) is 15.6. The standard InChI is InChI=1S/C17H15N3OS2/c21-12(10-22-17-19-18-11-23-17)9-20-15-7-3-1-5-13(15)14-6-2-4-8-16(14)20/h1-8,11-12,21H,9-10H2. The van der Waals surface area contributed by atoms with Gasteiger partial charge in [-0.25, -0.2) is 0 Å². The molecule has 0 fully saturated rings. The maximum atomic E-state index is 10.5. The Bertz CT molecular complexity index is 880. The molecule has 0 bridgehead atoms. The summed E-state index contributed by atoms with van der Waals surface area (Å²) in [6.45, 7) is 0.569. The molecule has 2 aromatic carbocycles. The lowest BCUT2D eigenvalue weighted by molar-refractivity contribution is 0.181. The third-order valence-corrected chi connectivity index (χ3v) is 5.82. The molecule has 23 heavy (non-hydrogen) atoms. The van der Waals surface area contributed by atoms with E-state index in [2.05, 4.69) is 51.2 Å². The number of hydrogen-bond acceptors (Lipinski definition) is 5. The first-order valence-electron chi connectivity index (χ1n) is 7.36. The third-order valence-electron chi connectivity index (χ3n) is 3.81. The number of benzene rings is 2. The molecule has 116 valence electrons. The van der Waals surface area contributed by atoms with Crippen molar-refractivity contribution in [2.45, 2.75) is 17.0 Å². The van der Waals surface area contributed by atoms with Crippen molar-refractivity contribution in [1.82, 2.24) is 14.8 Å². The van der Waals surface area contributed by atoms with Gasteiger partial charge >= 0.3 is 0 Å². The number of hydrogen-bond donors (Lipinski definition) is 1. The van der Waals surface area contributed by atoms with E-state index < -0.39 is 6.10 Å². The fraction of sp³-hybridized carbons (Fsp3) is 0.176. The molecule has 0 radical (unpaired) electrons. The highest BCUT2D eigenvalue weighted by Gasteiger charge is 2.14. The van der Waals surface area contributed by atoms with Gasteiger partial charge in [0.2, 0.25) is 0 Å². The molecule has 1 N–H and O–H groups in total. The number of aromatic nitrogens is 3. The van der Waals surface area contributed by atoms with Crippen LogP contribution in [0, 0.1) is 0 Å². The van der Waals surface area contributed by atoms with Crippen LogP contribution in [-0.2, 0) is 6.54 Å². The van der Waals surface area contributed by atoms with Crippen molar-refractivity contribution in [2.75, 3.05) is 5.75 Å². The number of fused-ring (bicyclic) bond motifs is 3. The highest BCUT2D eigenvalue weighted by molar-refractivity contribution is 8.01. The molecule has 0 aliphatic carbocycles. The van der Waals surface area contributed by atoms with Crippen LogP contribution in [0.5, 0.6) is 0 Å². The minimum atomic E-state index is -0.442. The van der Waals surface area contributed by atoms with Crippen molar-refractivity contribution in [3.8, 4) is 0 Å². The van der Waals surface area contributed by atoms with Crippen LogP contribution in [0.15, 0.2) is 58.4 Å². The predicted molar refractivity (Wildman–Crippen MR) is 96.1 cm³/mol. The first-order chi connectivity index (χ1) is 11.3. The molecular formula is C17H15N3OS2. The summed E-state index contributed by atoms with van der Waals surface area (Å²) >= 11 is 3.05. The molecular weight excluding hydrogens is 326 g/mol. The summed E-state index contributed by atoms with van der Waals surface area (Å²) in [7, 11) is 0. The normalized spacial score (nSPS) is 12.9. The average Bonchev–Trinajstić information content (AvgIpc) is 3.21. The Morgan fingerprint density at radius 1 is 1.04 bits per heavy atom. The van der Waals surface area contributed by atoms with E-state index >= 15 is 0 Å². The van der Waals surface area contributed by atoms with E-state index in [4.69, 9.17) is 0 Å². The maximum Gasteiger partial charge on any atom is 0.174 e. The number of aliphatic hydroxyl groups is 1. The van der Waals surface area contributed by atoms with Gasteiger partial charge in [0.1, 0.15) is 5.51 Å². The molecule has 0 aliphatic heterocycles. The van der Waals surface area contributed by atoms with E-state index in [1.54, 1.807) is 17.3 Å². The van der Waals surface area contributed by atoms with Crippen molar-refractivity contribution < 1.29 is 5.11 Å². The van der Waals surface area contributed by atoms with E-state index in [0.29, 0.717) is 12.3 Å². The van der Waals surface area contributed by atoms with E-state index in [0.717, 1.165) is 15.4 Å². The number of nitrogens with zero attached hydrogens (tertiary/aromatic N) is 3. The number of rotatable bonds is 5. The largest absolute Gasteiger partial charge is 0.390 e. The third kappa shape index (κ3) is 2.85. The molecule has 2 heterocycles. The van der Waals surface area contributed by atoms with Crippen LogP contribution in [0.4, 0.5) is 0 Å². The minimum Gasteiger partial charge on any atom is -0.390 e. The van der Waals surface area contributed by atoms with Gasteiger partial charge < -0.3 is 9.67 Å². The number of aliphatic hydroxyl groups excluding tert-OH is 1. The van der Waals surface area contributed by atoms with Crippen molar-refractivity contribution >= 4 is 44.9 Å². The lowest BCUT2D eigenvalue weighted by atomic mass is 10.2. The molecule has 4 rings (SSSR count). The average molecular weight is 341 g/mol. The topological polar surface area (TPSA) is 50.9 Å². The van der Waals surface area contributed by atoms with Gasteiger partial charge in [0.05, 0.1) is 12.6 Å². The zero-order valence-corrected chi connectivity index (χ0v) is 13.9. The fourth-order valence-electron chi connectivity index (χ4n) is 2.86. The fourth-order valence-corrected chi connectivity index (χ4v) is 4.29. The molecule has 4 aromatic rings. The number of thioether (sulfide) groups is 1. The van der Waals surface area contributed by atoms with E-state index in [1.807, 2.05) is 12.1 Å². The van der Waals surface area contributed by atoms with Crippen molar-refractivity contribution in [3.05, 3.63) is 54.0 Å². The quantitative estimate of drug-likeness (QED) is 0.561. The molecule has 1 atom stereocenters. The highest BCUT2D eigenvalue weighted by atomic mass is 32.2. The second-order valence-electron chi connectivity index (χ2n) is 5.31. The Labute approximate surface area is 141 Å². The van der Waals surface area contributed by atoms with E-state index in [-0.39, 0.29) is 0 Å². The Balaban J connectivity index is 1.64. The maximum absolute atomic E-state index is 10.5. The lowest BCUT2D eigenvalue weighted by Crippen LogP contribution is -2.18. The Hall–Kier alpha value is -1.89. The summed E-state index contributed by atoms with van der Waals surface area (Å²) in [5, 5.41) is 20.7. The summed E-state index contributed by atoms with van der Waals surface area (Å²) in [6, 6.07) is 16.7. The minimum absolute atomic E-state index is 0.442. The summed E-state index contributed by atoms with van der Waals surface area (Å²) in [6.07, 6.45) is -0.442. The number of para-hydroxylation sites is 2. The van der Waals surface area contributed by atoms with Gasteiger partial charge in [-0.1, -0.05) is 59.5 Å². The van der Waals surface area contributed by atoms with Crippen LogP contribution in [0.1, 0.15) is 0 Å². The van der Waals surface area contributed by atoms with Crippen LogP contribution in [-0.4, -0.2) is 31.7 Å². The molecule has 4 nitrogen and oxygen atoms in total. The van der Waals surface area contributed by atoms with Crippen LogP contribution in [0.3, 0.4) is 0 Å². The Morgan fingerprint density at radius 2 is 1.70 bits per heavy atom. The predicted octanol–water partition coefficient (Wildman–Crippen LogP) is 3.80. The second-order valence-corrected chi connectivity index (χ2v) is 7.41. The monoisotopic (exact) mass is 341 g/mol. The molecule has 2 aromatic heterocycles. The first-order valence-corrected chi connectivity index (χ1v) is 9.22. The van der Waals surface area contributed by atoms with Crippen LogP contribution >= 0.6 is 23.1 Å². The first kappa shape index (κ1) is 14.7. The van der Waals surface area contributed by atoms with Crippen LogP contribution < -0.4 is 0 Å². The lowest BCUT2D eigenvalue weighted by Gasteiger charge is -2.13. The molecule has 6 heteroatoms. The van der Waals surface area contributed by atoms with Crippen molar-refractivity contribution in [3.63, 3.8) is 0 Å².